The number of hydrogen-bond acceptors (Lipinski definition) is 5. The standard InChI is InChI=1S/C39H31N4O.C15H18NSi.Ir/c1-23(2)30-21-26(25-13-6-5-7-14-25)22-31(24(3)4)35(30)43-38(42-37-39(43)41-33-19-10-9-18-32(33)40-37)29-17-12-16-28-27-15-8-11-20-34(27)44-36(28)29;1-12-10-14(13-8-6-5-7-9-13)16-11-15(12)17(2,3)4;/h5-16,18-24H,1-4H3;5-8,10-11H,1-4H3;/q2*-1;. The predicted molar refractivity (Wildman–Crippen MR) is 256 cm³/mol. The van der Waals surface area contributed by atoms with Crippen LogP contribution in [0.3, 0.4) is 0 Å². The number of imidazole rings is 1. The Morgan fingerprint density at radius 3 is 1.97 bits per heavy atom. The van der Waals surface area contributed by atoms with Crippen LogP contribution in [0.2, 0.25) is 19.6 Å². The molecular formula is C54H49IrN5OSi-2. The second kappa shape index (κ2) is 17.4. The molecule has 0 unspecified atom stereocenters. The Hall–Kier alpha value is -6.05. The monoisotopic (exact) mass is 1000 g/mol. The molecule has 0 bridgehead atoms. The molecule has 311 valence electrons. The van der Waals surface area contributed by atoms with Crippen molar-refractivity contribution < 1.29 is 24.5 Å². The Morgan fingerprint density at radius 2 is 1.31 bits per heavy atom. The van der Waals surface area contributed by atoms with Gasteiger partial charge in [-0.3, -0.25) is 4.98 Å². The normalized spacial score (nSPS) is 11.7. The minimum absolute atomic E-state index is 0. The number of pyridine rings is 1. The second-order valence-electron chi connectivity index (χ2n) is 17.4. The third-order valence-corrected chi connectivity index (χ3v) is 13.5. The first-order chi connectivity index (χ1) is 29.5. The smallest absolute Gasteiger partial charge is 0.188 e. The minimum Gasteiger partial charge on any atom is -0.501 e. The van der Waals surface area contributed by atoms with Crippen molar-refractivity contribution in [1.82, 2.24) is 24.5 Å². The summed E-state index contributed by atoms with van der Waals surface area (Å²) in [6.07, 6.45) is 2.05. The molecule has 6 aromatic carbocycles. The van der Waals surface area contributed by atoms with Crippen molar-refractivity contribution in [3.05, 3.63) is 168 Å². The van der Waals surface area contributed by atoms with Crippen LogP contribution in [0.15, 0.2) is 144 Å². The van der Waals surface area contributed by atoms with Crippen molar-refractivity contribution >= 4 is 57.5 Å². The number of fused-ring (bicyclic) bond motifs is 5. The van der Waals surface area contributed by atoms with Crippen molar-refractivity contribution in [2.24, 2.45) is 0 Å². The van der Waals surface area contributed by atoms with Crippen LogP contribution in [-0.2, 0) is 20.1 Å². The van der Waals surface area contributed by atoms with Crippen LogP contribution in [0.1, 0.15) is 56.2 Å². The molecule has 62 heavy (non-hydrogen) atoms. The molecule has 0 saturated heterocycles. The number of rotatable bonds is 7. The van der Waals surface area contributed by atoms with E-state index in [4.69, 9.17) is 19.4 Å². The molecule has 10 rings (SSSR count). The molecule has 4 heterocycles. The van der Waals surface area contributed by atoms with Gasteiger partial charge in [0, 0.05) is 37.4 Å². The molecule has 8 heteroatoms. The number of hydrogen-bond donors (Lipinski definition) is 0. The van der Waals surface area contributed by atoms with Crippen LogP contribution in [0, 0.1) is 19.1 Å². The Kier molecular flexibility index (Phi) is 11.9. The maximum Gasteiger partial charge on any atom is 0.188 e. The van der Waals surface area contributed by atoms with Gasteiger partial charge in [-0.25, -0.2) is 9.97 Å². The summed E-state index contributed by atoms with van der Waals surface area (Å²) in [7, 11) is -1.27. The van der Waals surface area contributed by atoms with E-state index in [9.17, 15) is 0 Å². The number of aromatic nitrogens is 5. The maximum atomic E-state index is 6.51. The van der Waals surface area contributed by atoms with E-state index in [1.807, 2.05) is 66.7 Å². The van der Waals surface area contributed by atoms with E-state index in [1.54, 1.807) is 0 Å². The van der Waals surface area contributed by atoms with Gasteiger partial charge < -0.3 is 14.0 Å². The molecule has 0 N–H and O–H groups in total. The molecule has 10 aromatic rings. The average Bonchev–Trinajstić information content (AvgIpc) is 3.83. The molecule has 4 aromatic heterocycles. The first kappa shape index (κ1) is 42.6. The quantitative estimate of drug-likeness (QED) is 0.118. The fourth-order valence-electron chi connectivity index (χ4n) is 8.35. The molecule has 0 fully saturated rings. The van der Waals surface area contributed by atoms with E-state index < -0.39 is 8.07 Å². The number of furan rings is 1. The van der Waals surface area contributed by atoms with Crippen molar-refractivity contribution in [2.75, 3.05) is 0 Å². The summed E-state index contributed by atoms with van der Waals surface area (Å²) in [5, 5.41) is 3.55. The van der Waals surface area contributed by atoms with E-state index in [0.717, 1.165) is 67.0 Å². The first-order valence-electron chi connectivity index (χ1n) is 21.1. The molecule has 0 atom stereocenters. The minimum atomic E-state index is -1.27. The molecule has 0 saturated carbocycles. The largest absolute Gasteiger partial charge is 0.501 e. The van der Waals surface area contributed by atoms with Gasteiger partial charge in [-0.2, -0.15) is 0 Å². The summed E-state index contributed by atoms with van der Waals surface area (Å²) in [6.45, 7) is 18.3. The summed E-state index contributed by atoms with van der Waals surface area (Å²) in [5.41, 5.74) is 14.7. The van der Waals surface area contributed by atoms with Crippen LogP contribution in [0.5, 0.6) is 0 Å². The van der Waals surface area contributed by atoms with Gasteiger partial charge in [-0.05, 0) is 82.2 Å². The van der Waals surface area contributed by atoms with E-state index in [-0.39, 0.29) is 31.9 Å². The molecule has 0 aliphatic heterocycles. The molecule has 0 spiro atoms. The molecule has 6 nitrogen and oxygen atoms in total. The van der Waals surface area contributed by atoms with Gasteiger partial charge in [-0.15, -0.1) is 54.1 Å². The van der Waals surface area contributed by atoms with Gasteiger partial charge in [-0.1, -0.05) is 131 Å². The third-order valence-electron chi connectivity index (χ3n) is 11.4. The van der Waals surface area contributed by atoms with E-state index in [1.165, 1.54) is 33.0 Å². The van der Waals surface area contributed by atoms with Crippen molar-refractivity contribution in [3.63, 3.8) is 0 Å². The summed E-state index contributed by atoms with van der Waals surface area (Å²) in [6, 6.07) is 52.3. The predicted octanol–water partition coefficient (Wildman–Crippen LogP) is 13.6. The third kappa shape index (κ3) is 8.06. The van der Waals surface area contributed by atoms with Gasteiger partial charge in [0.25, 0.3) is 0 Å². The summed E-state index contributed by atoms with van der Waals surface area (Å²) >= 11 is 0. The van der Waals surface area contributed by atoms with Gasteiger partial charge in [0.1, 0.15) is 5.58 Å². The first-order valence-corrected chi connectivity index (χ1v) is 24.6. The summed E-state index contributed by atoms with van der Waals surface area (Å²) < 4.78 is 8.72. The van der Waals surface area contributed by atoms with Crippen LogP contribution in [-0.4, -0.2) is 32.6 Å². The van der Waals surface area contributed by atoms with Gasteiger partial charge in [0.05, 0.1) is 30.5 Å². The number of benzene rings is 6. The molecule has 1 radical (unpaired) electrons. The van der Waals surface area contributed by atoms with E-state index in [2.05, 4.69) is 149 Å². The Labute approximate surface area is 378 Å². The Morgan fingerprint density at radius 1 is 0.645 bits per heavy atom. The molecule has 0 amide bonds. The Balaban J connectivity index is 0.000000248. The van der Waals surface area contributed by atoms with Crippen molar-refractivity contribution in [1.29, 1.82) is 0 Å². The fourth-order valence-corrected chi connectivity index (χ4v) is 10.1. The molecule has 0 aliphatic rings. The van der Waals surface area contributed by atoms with E-state index in [0.29, 0.717) is 5.65 Å². The topological polar surface area (TPSA) is 69.6 Å². The van der Waals surface area contributed by atoms with Crippen LogP contribution in [0.25, 0.3) is 83.7 Å². The summed E-state index contributed by atoms with van der Waals surface area (Å²) in [4.78, 5) is 20.0. The zero-order valence-electron chi connectivity index (χ0n) is 36.4. The molecular weight excluding hydrogens is 955 g/mol. The van der Waals surface area contributed by atoms with Crippen molar-refractivity contribution in [3.8, 4) is 39.5 Å². The second-order valence-corrected chi connectivity index (χ2v) is 22.5. The summed E-state index contributed by atoms with van der Waals surface area (Å²) in [5.74, 6) is 1.18. The zero-order valence-corrected chi connectivity index (χ0v) is 39.8. The van der Waals surface area contributed by atoms with Crippen molar-refractivity contribution in [2.45, 2.75) is 66.1 Å². The van der Waals surface area contributed by atoms with Crippen LogP contribution >= 0.6 is 0 Å². The maximum absolute atomic E-state index is 6.51. The van der Waals surface area contributed by atoms with E-state index >= 15 is 0 Å². The Bertz CT molecular complexity index is 3170. The van der Waals surface area contributed by atoms with Crippen LogP contribution in [0.4, 0.5) is 0 Å². The number of aryl methyl sites for hydroxylation is 1. The molecule has 0 aliphatic carbocycles. The van der Waals surface area contributed by atoms with Gasteiger partial charge in [0.2, 0.25) is 0 Å². The number of nitrogens with zero attached hydrogens (tertiary/aromatic N) is 5. The number of para-hydroxylation sites is 3. The fraction of sp³-hybridized carbons (Fsp3) is 0.185. The average molecular weight is 1000 g/mol. The SMILES string of the molecule is CC(C)c1cc(-c2ccccc2)cc(C(C)C)c1-n1c(-c2[c-]ccc3c2oc2ccccc23)nc2nc3ccccc3nc21.Cc1cc(-c2[c-]cccc2)ncc1[Si](C)(C)C.[Ir]. The van der Waals surface area contributed by atoms with Gasteiger partial charge >= 0.3 is 0 Å². The van der Waals surface area contributed by atoms with Gasteiger partial charge in [0.15, 0.2) is 11.3 Å². The van der Waals surface area contributed by atoms with Crippen LogP contribution < -0.4 is 5.19 Å². The zero-order chi connectivity index (χ0) is 42.4.